The van der Waals surface area contributed by atoms with Crippen molar-refractivity contribution in [2.45, 2.75) is 13.0 Å². The van der Waals surface area contributed by atoms with Crippen LogP contribution in [0.2, 0.25) is 0 Å². The Hall–Kier alpha value is -2.21. The van der Waals surface area contributed by atoms with Crippen molar-refractivity contribution < 1.29 is 10.0 Å². The SMILES string of the molecule is C[C@H](O)CNc1ccc([N+](=O)[O-])c2ncccc12. The molecule has 0 amide bonds. The largest absolute Gasteiger partial charge is 0.392 e. The third-order valence-electron chi connectivity index (χ3n) is 2.53. The summed E-state index contributed by atoms with van der Waals surface area (Å²) in [6.45, 7) is 2.04. The summed E-state index contributed by atoms with van der Waals surface area (Å²) in [4.78, 5) is 14.5. The monoisotopic (exact) mass is 247 g/mol. The highest BCUT2D eigenvalue weighted by Gasteiger charge is 2.15. The first kappa shape index (κ1) is 12.3. The van der Waals surface area contributed by atoms with E-state index in [1.807, 2.05) is 0 Å². The van der Waals surface area contributed by atoms with Crippen LogP contribution in [0.15, 0.2) is 30.5 Å². The first-order valence-corrected chi connectivity index (χ1v) is 5.53. The van der Waals surface area contributed by atoms with E-state index in [1.165, 1.54) is 12.3 Å². The van der Waals surface area contributed by atoms with Crippen LogP contribution >= 0.6 is 0 Å². The second-order valence-corrected chi connectivity index (χ2v) is 4.02. The summed E-state index contributed by atoms with van der Waals surface area (Å²) in [6.07, 6.45) is 1.03. The molecule has 1 aromatic carbocycles. The van der Waals surface area contributed by atoms with Crippen LogP contribution in [0.4, 0.5) is 11.4 Å². The van der Waals surface area contributed by atoms with Gasteiger partial charge in [-0.3, -0.25) is 10.1 Å². The minimum atomic E-state index is -0.494. The van der Waals surface area contributed by atoms with E-state index in [0.717, 1.165) is 5.69 Å². The van der Waals surface area contributed by atoms with Gasteiger partial charge in [0.15, 0.2) is 0 Å². The lowest BCUT2D eigenvalue weighted by molar-refractivity contribution is -0.383. The van der Waals surface area contributed by atoms with Gasteiger partial charge in [-0.15, -0.1) is 0 Å². The molecule has 2 N–H and O–H groups in total. The summed E-state index contributed by atoms with van der Waals surface area (Å²) < 4.78 is 0. The number of nitrogens with one attached hydrogen (secondary N) is 1. The van der Waals surface area contributed by atoms with E-state index in [-0.39, 0.29) is 5.69 Å². The number of nitrogens with zero attached hydrogens (tertiary/aromatic N) is 2. The average molecular weight is 247 g/mol. The third-order valence-corrected chi connectivity index (χ3v) is 2.53. The van der Waals surface area contributed by atoms with Crippen LogP contribution in [0, 0.1) is 10.1 Å². The molecule has 6 heteroatoms. The smallest absolute Gasteiger partial charge is 0.295 e. The van der Waals surface area contributed by atoms with Gasteiger partial charge in [-0.25, -0.2) is 4.98 Å². The average Bonchev–Trinajstić information content (AvgIpc) is 2.35. The van der Waals surface area contributed by atoms with Crippen LogP contribution in [0.25, 0.3) is 10.9 Å². The van der Waals surface area contributed by atoms with Crippen molar-refractivity contribution in [3.63, 3.8) is 0 Å². The van der Waals surface area contributed by atoms with Crippen LogP contribution in [0.5, 0.6) is 0 Å². The Balaban J connectivity index is 2.50. The summed E-state index contributed by atoms with van der Waals surface area (Å²) in [7, 11) is 0. The molecule has 2 aromatic rings. The molecule has 1 heterocycles. The lowest BCUT2D eigenvalue weighted by atomic mass is 10.1. The Morgan fingerprint density at radius 3 is 2.94 bits per heavy atom. The van der Waals surface area contributed by atoms with Crippen molar-refractivity contribution in [2.75, 3.05) is 11.9 Å². The fraction of sp³-hybridized carbons (Fsp3) is 0.250. The Morgan fingerprint density at radius 2 is 2.28 bits per heavy atom. The molecule has 0 fully saturated rings. The molecule has 0 aliphatic carbocycles. The number of benzene rings is 1. The molecule has 1 aromatic heterocycles. The Labute approximate surface area is 103 Å². The maximum atomic E-state index is 10.9. The Bertz CT molecular complexity index is 584. The predicted molar refractivity (Wildman–Crippen MR) is 68.6 cm³/mol. The number of nitro benzene ring substituents is 1. The summed E-state index contributed by atoms with van der Waals surface area (Å²) in [5.74, 6) is 0. The molecule has 0 bridgehead atoms. The van der Waals surface area contributed by atoms with Crippen LogP contribution in [0.1, 0.15) is 6.92 Å². The summed E-state index contributed by atoms with van der Waals surface area (Å²) in [6, 6.07) is 6.53. The number of rotatable bonds is 4. The highest BCUT2D eigenvalue weighted by atomic mass is 16.6. The highest BCUT2D eigenvalue weighted by Crippen LogP contribution is 2.29. The van der Waals surface area contributed by atoms with Gasteiger partial charge in [0, 0.05) is 29.9 Å². The molecule has 6 nitrogen and oxygen atoms in total. The summed E-state index contributed by atoms with van der Waals surface area (Å²) in [5.41, 5.74) is 1.05. The van der Waals surface area contributed by atoms with E-state index in [1.54, 1.807) is 25.1 Å². The summed E-state index contributed by atoms with van der Waals surface area (Å²) in [5, 5.41) is 23.9. The van der Waals surface area contributed by atoms with Gasteiger partial charge in [-0.2, -0.15) is 0 Å². The summed E-state index contributed by atoms with van der Waals surface area (Å²) >= 11 is 0. The molecule has 0 aliphatic heterocycles. The van der Waals surface area contributed by atoms with E-state index >= 15 is 0 Å². The van der Waals surface area contributed by atoms with Crippen molar-refractivity contribution in [2.24, 2.45) is 0 Å². The first-order valence-electron chi connectivity index (χ1n) is 5.53. The standard InChI is InChI=1S/C12H13N3O3/c1-8(16)7-14-10-4-5-11(15(17)18)12-9(10)3-2-6-13-12/h2-6,8,14,16H,7H2,1H3/t8-/m0/s1. The normalized spacial score (nSPS) is 12.3. The third kappa shape index (κ3) is 2.38. The molecular weight excluding hydrogens is 234 g/mol. The number of aliphatic hydroxyl groups excluding tert-OH is 1. The topological polar surface area (TPSA) is 88.3 Å². The van der Waals surface area contributed by atoms with Crippen molar-refractivity contribution in [3.8, 4) is 0 Å². The second-order valence-electron chi connectivity index (χ2n) is 4.02. The van der Waals surface area contributed by atoms with E-state index in [4.69, 9.17) is 0 Å². The van der Waals surface area contributed by atoms with Gasteiger partial charge >= 0.3 is 0 Å². The van der Waals surface area contributed by atoms with Crippen molar-refractivity contribution in [1.82, 2.24) is 4.98 Å². The molecule has 0 unspecified atom stereocenters. The second kappa shape index (κ2) is 4.97. The molecule has 0 radical (unpaired) electrons. The van der Waals surface area contributed by atoms with Gasteiger partial charge < -0.3 is 10.4 Å². The van der Waals surface area contributed by atoms with Crippen LogP contribution < -0.4 is 5.32 Å². The van der Waals surface area contributed by atoms with Gasteiger partial charge in [-0.1, -0.05) is 0 Å². The number of nitro groups is 1. The maximum Gasteiger partial charge on any atom is 0.295 e. The van der Waals surface area contributed by atoms with Crippen LogP contribution in [-0.4, -0.2) is 27.7 Å². The van der Waals surface area contributed by atoms with Crippen LogP contribution in [0.3, 0.4) is 0 Å². The van der Waals surface area contributed by atoms with Gasteiger partial charge in [0.05, 0.1) is 11.0 Å². The quantitative estimate of drug-likeness (QED) is 0.636. The van der Waals surface area contributed by atoms with Gasteiger partial charge in [0.1, 0.15) is 5.52 Å². The van der Waals surface area contributed by atoms with Gasteiger partial charge in [0.25, 0.3) is 5.69 Å². The Kier molecular flexibility index (Phi) is 3.38. The van der Waals surface area contributed by atoms with E-state index in [9.17, 15) is 15.2 Å². The molecule has 2 rings (SSSR count). The lowest BCUT2D eigenvalue weighted by Gasteiger charge is -2.10. The van der Waals surface area contributed by atoms with Crippen molar-refractivity contribution in [3.05, 3.63) is 40.6 Å². The van der Waals surface area contributed by atoms with Crippen LogP contribution in [-0.2, 0) is 0 Å². The number of anilines is 1. The minimum Gasteiger partial charge on any atom is -0.392 e. The molecule has 18 heavy (non-hydrogen) atoms. The van der Waals surface area contributed by atoms with Crippen molar-refractivity contribution in [1.29, 1.82) is 0 Å². The molecule has 0 aliphatic rings. The molecule has 0 spiro atoms. The zero-order chi connectivity index (χ0) is 13.1. The number of pyridine rings is 1. The molecule has 0 saturated carbocycles. The number of hydrogen-bond donors (Lipinski definition) is 2. The molecule has 1 atom stereocenters. The van der Waals surface area contributed by atoms with E-state index < -0.39 is 11.0 Å². The number of aliphatic hydroxyl groups is 1. The fourth-order valence-electron chi connectivity index (χ4n) is 1.72. The number of aromatic nitrogens is 1. The molecule has 94 valence electrons. The number of fused-ring (bicyclic) bond motifs is 1. The zero-order valence-electron chi connectivity index (χ0n) is 9.83. The zero-order valence-corrected chi connectivity index (χ0v) is 9.83. The van der Waals surface area contributed by atoms with Gasteiger partial charge in [-0.05, 0) is 25.1 Å². The fourth-order valence-corrected chi connectivity index (χ4v) is 1.72. The molecule has 0 saturated heterocycles. The minimum absolute atomic E-state index is 0.0202. The Morgan fingerprint density at radius 1 is 1.50 bits per heavy atom. The highest BCUT2D eigenvalue weighted by molar-refractivity contribution is 5.96. The van der Waals surface area contributed by atoms with Gasteiger partial charge in [0.2, 0.25) is 0 Å². The van der Waals surface area contributed by atoms with Crippen molar-refractivity contribution >= 4 is 22.3 Å². The van der Waals surface area contributed by atoms with E-state index in [2.05, 4.69) is 10.3 Å². The molecular formula is C12H13N3O3. The maximum absolute atomic E-state index is 10.9. The lowest BCUT2D eigenvalue weighted by Crippen LogP contribution is -2.15. The number of hydrogen-bond acceptors (Lipinski definition) is 5. The number of non-ortho nitro benzene ring substituents is 1. The first-order chi connectivity index (χ1) is 8.59. The van der Waals surface area contributed by atoms with E-state index in [0.29, 0.717) is 17.4 Å². The predicted octanol–water partition coefficient (Wildman–Crippen LogP) is 1.94.